The van der Waals surface area contributed by atoms with Gasteiger partial charge in [0.05, 0.1) is 0 Å². The van der Waals surface area contributed by atoms with E-state index in [0.29, 0.717) is 0 Å². The van der Waals surface area contributed by atoms with Crippen LogP contribution in [-0.2, 0) is 43.0 Å². The molecule has 0 bridgehead atoms. The molecule has 0 aliphatic rings. The van der Waals surface area contributed by atoms with E-state index in [2.05, 4.69) is 33.9 Å². The smallest absolute Gasteiger partial charge is 0.349 e. The quantitative estimate of drug-likeness (QED) is 0.176. The molecule has 0 amide bonds. The summed E-state index contributed by atoms with van der Waals surface area (Å²) >= 11 is 0. The molecule has 192 valence electrons. The van der Waals surface area contributed by atoms with Crippen molar-refractivity contribution >= 4 is 35.8 Å². The second kappa shape index (κ2) is 13.8. The number of benzene rings is 1. The number of hydrogen-bond donors (Lipinski definition) is 0. The van der Waals surface area contributed by atoms with Gasteiger partial charge in [-0.3, -0.25) is 0 Å². The molecule has 0 heterocycles. The summed E-state index contributed by atoms with van der Waals surface area (Å²) in [5.41, 5.74) is 0.182. The third-order valence-corrected chi connectivity index (χ3v) is 3.56. The summed E-state index contributed by atoms with van der Waals surface area (Å²) in [6.45, 7) is 12.0. The van der Waals surface area contributed by atoms with Crippen molar-refractivity contribution in [2.24, 2.45) is 0 Å². The van der Waals surface area contributed by atoms with E-state index in [1.54, 1.807) is 0 Å². The van der Waals surface area contributed by atoms with Gasteiger partial charge in [-0.1, -0.05) is 19.7 Å². The third kappa shape index (κ3) is 10.9. The number of hydrogen-bond acceptors (Lipinski definition) is 12. The Morgan fingerprint density at radius 3 is 0.944 bits per heavy atom. The van der Waals surface area contributed by atoms with E-state index in [1.165, 1.54) is 20.8 Å². The second-order valence-electron chi connectivity index (χ2n) is 7.13. The lowest BCUT2D eigenvalue weighted by Crippen LogP contribution is -2.21. The summed E-state index contributed by atoms with van der Waals surface area (Å²) < 4.78 is 29.1. The van der Waals surface area contributed by atoms with Crippen molar-refractivity contribution in [2.75, 3.05) is 19.8 Å². The highest BCUT2D eigenvalue weighted by atomic mass is 16.6. The van der Waals surface area contributed by atoms with Crippen LogP contribution >= 0.6 is 0 Å². The van der Waals surface area contributed by atoms with E-state index in [9.17, 15) is 28.8 Å². The maximum absolute atomic E-state index is 12.0. The number of carbonyl (C=O) groups excluding carboxylic acids is 6. The maximum atomic E-state index is 12.0. The lowest BCUT2D eigenvalue weighted by Gasteiger charge is -2.12. The van der Waals surface area contributed by atoms with Gasteiger partial charge in [-0.15, -0.1) is 0 Å². The average molecular weight is 504 g/mol. The van der Waals surface area contributed by atoms with Gasteiger partial charge < -0.3 is 28.4 Å². The Morgan fingerprint density at radius 2 is 0.750 bits per heavy atom. The molecule has 12 nitrogen and oxygen atoms in total. The molecule has 12 heteroatoms. The minimum Gasteiger partial charge on any atom is -0.450 e. The van der Waals surface area contributed by atoms with Gasteiger partial charge in [-0.2, -0.15) is 0 Å². The standard InChI is InChI=1S/C24H24O12/c1-13(2)22(28)31-10-19(25)34-16-7-17(35-20(26)11-32-23(29)14(3)4)9-18(8-16)36-21(27)12-33-24(30)15(5)6/h7-9H,1,3,5,10-12H2,2,4,6H3. The molecule has 0 aliphatic heterocycles. The molecule has 0 fully saturated rings. The maximum Gasteiger partial charge on any atom is 0.349 e. The third-order valence-electron chi connectivity index (χ3n) is 3.56. The first-order chi connectivity index (χ1) is 16.8. The van der Waals surface area contributed by atoms with Crippen LogP contribution in [0.25, 0.3) is 0 Å². The molecular weight excluding hydrogens is 480 g/mol. The average Bonchev–Trinajstić information content (AvgIpc) is 2.78. The van der Waals surface area contributed by atoms with E-state index in [4.69, 9.17) is 14.2 Å². The molecule has 36 heavy (non-hydrogen) atoms. The predicted molar refractivity (Wildman–Crippen MR) is 121 cm³/mol. The zero-order valence-electron chi connectivity index (χ0n) is 19.9. The van der Waals surface area contributed by atoms with Crippen molar-refractivity contribution in [3.8, 4) is 17.2 Å². The Labute approximate surface area is 206 Å². The fourth-order valence-corrected chi connectivity index (χ4v) is 1.95. The number of rotatable bonds is 12. The molecule has 0 atom stereocenters. The normalized spacial score (nSPS) is 9.75. The van der Waals surface area contributed by atoms with Gasteiger partial charge in [0.15, 0.2) is 19.8 Å². The van der Waals surface area contributed by atoms with Crippen LogP contribution in [0, 0.1) is 0 Å². The van der Waals surface area contributed by atoms with Crippen LogP contribution in [0.1, 0.15) is 20.8 Å². The number of esters is 6. The highest BCUT2D eigenvalue weighted by molar-refractivity contribution is 5.90. The Balaban J connectivity index is 2.99. The summed E-state index contributed by atoms with van der Waals surface area (Å²) in [4.78, 5) is 70.3. The molecule has 0 saturated heterocycles. The fourth-order valence-electron chi connectivity index (χ4n) is 1.95. The minimum absolute atomic E-state index is 0.0607. The number of ether oxygens (including phenoxy) is 6. The van der Waals surface area contributed by atoms with Gasteiger partial charge in [0, 0.05) is 34.9 Å². The van der Waals surface area contributed by atoms with Crippen LogP contribution in [0.5, 0.6) is 17.2 Å². The van der Waals surface area contributed by atoms with Crippen LogP contribution in [-0.4, -0.2) is 55.6 Å². The highest BCUT2D eigenvalue weighted by Gasteiger charge is 2.17. The molecule has 0 unspecified atom stereocenters. The SMILES string of the molecule is C=C(C)C(=O)OCC(=O)Oc1cc(OC(=O)COC(=O)C(=C)C)cc(OC(=O)COC(=O)C(=C)C)c1. The van der Waals surface area contributed by atoms with Crippen molar-refractivity contribution in [2.45, 2.75) is 20.8 Å². The Bertz CT molecular complexity index is 962. The Morgan fingerprint density at radius 1 is 0.528 bits per heavy atom. The lowest BCUT2D eigenvalue weighted by molar-refractivity contribution is -0.151. The molecule has 0 aliphatic carbocycles. The zero-order valence-corrected chi connectivity index (χ0v) is 19.9. The lowest BCUT2D eigenvalue weighted by atomic mass is 10.3. The zero-order chi connectivity index (χ0) is 27.4. The molecule has 0 spiro atoms. The van der Waals surface area contributed by atoms with Crippen molar-refractivity contribution in [1.29, 1.82) is 0 Å². The minimum atomic E-state index is -1.02. The molecule has 0 radical (unpaired) electrons. The van der Waals surface area contributed by atoms with E-state index < -0.39 is 55.6 Å². The second-order valence-corrected chi connectivity index (χ2v) is 7.13. The molecule has 1 aromatic rings. The first kappa shape index (κ1) is 29.3. The van der Waals surface area contributed by atoms with E-state index in [1.807, 2.05) is 0 Å². The van der Waals surface area contributed by atoms with Gasteiger partial charge in [0.25, 0.3) is 0 Å². The predicted octanol–water partition coefficient (Wildman–Crippen LogP) is 1.76. The Hall–Kier alpha value is -4.74. The summed E-state index contributed by atoms with van der Waals surface area (Å²) in [5, 5.41) is 0. The van der Waals surface area contributed by atoms with Crippen molar-refractivity contribution in [3.63, 3.8) is 0 Å². The van der Waals surface area contributed by atoms with Gasteiger partial charge in [0.1, 0.15) is 17.2 Å². The van der Waals surface area contributed by atoms with Crippen molar-refractivity contribution in [1.82, 2.24) is 0 Å². The van der Waals surface area contributed by atoms with Crippen molar-refractivity contribution in [3.05, 3.63) is 54.7 Å². The summed E-state index contributed by atoms with van der Waals surface area (Å²) in [5.74, 6) is -6.32. The topological polar surface area (TPSA) is 158 Å². The molecule has 0 N–H and O–H groups in total. The molecule has 1 aromatic carbocycles. The highest BCUT2D eigenvalue weighted by Crippen LogP contribution is 2.28. The molecular formula is C24H24O12. The van der Waals surface area contributed by atoms with Crippen LogP contribution in [0.2, 0.25) is 0 Å². The van der Waals surface area contributed by atoms with Gasteiger partial charge in [-0.05, 0) is 20.8 Å². The van der Waals surface area contributed by atoms with Crippen LogP contribution in [0.3, 0.4) is 0 Å². The van der Waals surface area contributed by atoms with Gasteiger partial charge in [0.2, 0.25) is 0 Å². The summed E-state index contributed by atoms with van der Waals surface area (Å²) in [6.07, 6.45) is 0. The van der Waals surface area contributed by atoms with Crippen LogP contribution in [0.4, 0.5) is 0 Å². The molecule has 1 rings (SSSR count). The van der Waals surface area contributed by atoms with E-state index in [-0.39, 0.29) is 34.0 Å². The van der Waals surface area contributed by atoms with Crippen LogP contribution in [0.15, 0.2) is 54.7 Å². The van der Waals surface area contributed by atoms with Crippen molar-refractivity contribution < 1.29 is 57.2 Å². The van der Waals surface area contributed by atoms with E-state index >= 15 is 0 Å². The first-order valence-corrected chi connectivity index (χ1v) is 10.0. The summed E-state index contributed by atoms with van der Waals surface area (Å²) in [6, 6.07) is 3.24. The van der Waals surface area contributed by atoms with Gasteiger partial charge in [-0.25, -0.2) is 28.8 Å². The molecule has 0 saturated carbocycles. The molecule has 0 aromatic heterocycles. The Kier molecular flexibility index (Phi) is 11.3. The van der Waals surface area contributed by atoms with E-state index in [0.717, 1.165) is 18.2 Å². The first-order valence-electron chi connectivity index (χ1n) is 10.0. The fraction of sp³-hybridized carbons (Fsp3) is 0.250. The monoisotopic (exact) mass is 504 g/mol. The van der Waals surface area contributed by atoms with Crippen LogP contribution < -0.4 is 14.2 Å². The number of carbonyl (C=O) groups is 6. The summed E-state index contributed by atoms with van der Waals surface area (Å²) in [7, 11) is 0. The van der Waals surface area contributed by atoms with Gasteiger partial charge >= 0.3 is 35.8 Å². The largest absolute Gasteiger partial charge is 0.450 e.